The molecule has 0 atom stereocenters. The highest BCUT2D eigenvalue weighted by Gasteiger charge is 2.08. The number of aromatic nitrogens is 1. The van der Waals surface area contributed by atoms with Gasteiger partial charge in [-0.3, -0.25) is 4.90 Å². The molecule has 0 saturated carbocycles. The molecule has 0 unspecified atom stereocenters. The van der Waals surface area contributed by atoms with Crippen molar-refractivity contribution >= 4 is 5.97 Å². The molecule has 1 heterocycles. The fourth-order valence-corrected chi connectivity index (χ4v) is 2.04. The van der Waals surface area contributed by atoms with Gasteiger partial charge in [-0.15, -0.1) is 0 Å². The Kier molecular flexibility index (Phi) is 5.08. The molecule has 0 aliphatic rings. The normalized spacial score (nSPS) is 11.0. The van der Waals surface area contributed by atoms with Crippen molar-refractivity contribution in [2.45, 2.75) is 19.7 Å². The Balaban J connectivity index is 1.91. The third kappa shape index (κ3) is 4.40. The van der Waals surface area contributed by atoms with E-state index in [1.807, 2.05) is 25.2 Å². The first-order valence-corrected chi connectivity index (χ1v) is 6.52. The van der Waals surface area contributed by atoms with Crippen LogP contribution in [-0.2, 0) is 24.4 Å². The zero-order chi connectivity index (χ0) is 15.2. The molecule has 112 valence electrons. The lowest BCUT2D eigenvalue weighted by molar-refractivity contribution is 0.0697. The Bertz CT molecular complexity index is 592. The molecule has 0 saturated heterocycles. The summed E-state index contributed by atoms with van der Waals surface area (Å²) in [6.07, 6.45) is 0. The van der Waals surface area contributed by atoms with Crippen molar-refractivity contribution in [3.8, 4) is 0 Å². The van der Waals surface area contributed by atoms with E-state index in [1.165, 1.54) is 0 Å². The number of aromatic carboxylic acids is 1. The SMILES string of the molecule is COCc1cc(CN(C)Cc2ccc(C(=O)O)cc2)no1. The molecule has 1 aromatic carbocycles. The number of carbonyl (C=O) groups is 1. The second-order valence-corrected chi connectivity index (χ2v) is 4.89. The summed E-state index contributed by atoms with van der Waals surface area (Å²) < 4.78 is 10.1. The number of hydrogen-bond donors (Lipinski definition) is 1. The fraction of sp³-hybridized carbons (Fsp3) is 0.333. The van der Waals surface area contributed by atoms with Gasteiger partial charge in [0.2, 0.25) is 0 Å². The van der Waals surface area contributed by atoms with Gasteiger partial charge < -0.3 is 14.4 Å². The number of nitrogens with zero attached hydrogens (tertiary/aromatic N) is 2. The van der Waals surface area contributed by atoms with E-state index in [0.29, 0.717) is 31.0 Å². The summed E-state index contributed by atoms with van der Waals surface area (Å²) in [6, 6.07) is 8.72. The third-order valence-electron chi connectivity index (χ3n) is 2.98. The van der Waals surface area contributed by atoms with Crippen LogP contribution in [0.4, 0.5) is 0 Å². The van der Waals surface area contributed by atoms with Crippen molar-refractivity contribution in [2.24, 2.45) is 0 Å². The molecule has 0 radical (unpaired) electrons. The summed E-state index contributed by atoms with van der Waals surface area (Å²) in [4.78, 5) is 12.9. The van der Waals surface area contributed by atoms with Crippen LogP contribution in [0.15, 0.2) is 34.9 Å². The molecule has 0 fully saturated rings. The standard InChI is InChI=1S/C15H18N2O4/c1-17(9-13-7-14(10-20-2)21-16-13)8-11-3-5-12(6-4-11)15(18)19/h3-7H,8-10H2,1-2H3,(H,18,19). The molecule has 0 amide bonds. The fourth-order valence-electron chi connectivity index (χ4n) is 2.04. The van der Waals surface area contributed by atoms with Crippen LogP contribution in [-0.4, -0.2) is 35.3 Å². The van der Waals surface area contributed by atoms with E-state index < -0.39 is 5.97 Å². The lowest BCUT2D eigenvalue weighted by Gasteiger charge is -2.14. The van der Waals surface area contributed by atoms with Crippen LogP contribution >= 0.6 is 0 Å². The average molecular weight is 290 g/mol. The van der Waals surface area contributed by atoms with E-state index in [1.54, 1.807) is 19.2 Å². The van der Waals surface area contributed by atoms with Gasteiger partial charge >= 0.3 is 5.97 Å². The highest BCUT2D eigenvalue weighted by Crippen LogP contribution is 2.11. The van der Waals surface area contributed by atoms with Crippen LogP contribution in [0.5, 0.6) is 0 Å². The molecule has 1 aromatic heterocycles. The maximum absolute atomic E-state index is 10.8. The lowest BCUT2D eigenvalue weighted by Crippen LogP contribution is -2.17. The first-order chi connectivity index (χ1) is 10.1. The minimum atomic E-state index is -0.914. The number of methoxy groups -OCH3 is 1. The topological polar surface area (TPSA) is 75.8 Å². The zero-order valence-electron chi connectivity index (χ0n) is 12.1. The Hall–Kier alpha value is -2.18. The summed E-state index contributed by atoms with van der Waals surface area (Å²) in [5.41, 5.74) is 2.18. The first kappa shape index (κ1) is 15.2. The minimum Gasteiger partial charge on any atom is -0.478 e. The Labute approximate surface area is 122 Å². The molecular weight excluding hydrogens is 272 g/mol. The van der Waals surface area contributed by atoms with Crippen LogP contribution in [0.2, 0.25) is 0 Å². The van der Waals surface area contributed by atoms with Gasteiger partial charge in [-0.2, -0.15) is 0 Å². The minimum absolute atomic E-state index is 0.294. The molecular formula is C15H18N2O4. The molecule has 2 rings (SSSR count). The molecule has 21 heavy (non-hydrogen) atoms. The highest BCUT2D eigenvalue weighted by atomic mass is 16.5. The van der Waals surface area contributed by atoms with Gasteiger partial charge in [-0.05, 0) is 24.7 Å². The van der Waals surface area contributed by atoms with Gasteiger partial charge in [-0.25, -0.2) is 4.79 Å². The molecule has 1 N–H and O–H groups in total. The van der Waals surface area contributed by atoms with E-state index in [-0.39, 0.29) is 0 Å². The molecule has 6 nitrogen and oxygen atoms in total. The monoisotopic (exact) mass is 290 g/mol. The summed E-state index contributed by atoms with van der Waals surface area (Å²) in [5, 5.41) is 12.8. The van der Waals surface area contributed by atoms with Crippen molar-refractivity contribution in [3.63, 3.8) is 0 Å². The molecule has 0 aliphatic heterocycles. The Morgan fingerprint density at radius 2 is 2.05 bits per heavy atom. The molecule has 6 heteroatoms. The molecule has 0 spiro atoms. The number of carboxylic acid groups (broad SMARTS) is 1. The zero-order valence-corrected chi connectivity index (χ0v) is 12.1. The van der Waals surface area contributed by atoms with Crippen molar-refractivity contribution in [3.05, 3.63) is 52.9 Å². The van der Waals surface area contributed by atoms with Gasteiger partial charge in [0.15, 0.2) is 5.76 Å². The van der Waals surface area contributed by atoms with Crippen molar-refractivity contribution in [1.29, 1.82) is 0 Å². The van der Waals surface area contributed by atoms with E-state index in [9.17, 15) is 4.79 Å². The summed E-state index contributed by atoms with van der Waals surface area (Å²) >= 11 is 0. The van der Waals surface area contributed by atoms with Crippen LogP contribution in [0.1, 0.15) is 27.4 Å². The maximum atomic E-state index is 10.8. The van der Waals surface area contributed by atoms with Crippen LogP contribution < -0.4 is 0 Å². The highest BCUT2D eigenvalue weighted by molar-refractivity contribution is 5.87. The van der Waals surface area contributed by atoms with E-state index in [4.69, 9.17) is 14.4 Å². The van der Waals surface area contributed by atoms with Gasteiger partial charge in [0.05, 0.1) is 11.3 Å². The number of benzene rings is 1. The number of ether oxygens (including phenoxy) is 1. The number of rotatable bonds is 7. The quantitative estimate of drug-likeness (QED) is 0.842. The molecule has 0 aliphatic carbocycles. The van der Waals surface area contributed by atoms with Crippen LogP contribution in [0.3, 0.4) is 0 Å². The third-order valence-corrected chi connectivity index (χ3v) is 2.98. The first-order valence-electron chi connectivity index (χ1n) is 6.52. The van der Waals surface area contributed by atoms with Crippen molar-refractivity contribution in [2.75, 3.05) is 14.2 Å². The summed E-state index contributed by atoms with van der Waals surface area (Å²) in [7, 11) is 3.57. The number of carboxylic acids is 1. The Morgan fingerprint density at radius 3 is 2.67 bits per heavy atom. The predicted molar refractivity (Wildman–Crippen MR) is 75.8 cm³/mol. The predicted octanol–water partition coefficient (Wildman–Crippen LogP) is 2.15. The van der Waals surface area contributed by atoms with E-state index in [2.05, 4.69) is 10.1 Å². The molecule has 0 bridgehead atoms. The average Bonchev–Trinajstić information content (AvgIpc) is 2.87. The lowest BCUT2D eigenvalue weighted by atomic mass is 10.1. The van der Waals surface area contributed by atoms with Crippen molar-refractivity contribution in [1.82, 2.24) is 10.1 Å². The van der Waals surface area contributed by atoms with Crippen LogP contribution in [0, 0.1) is 0 Å². The van der Waals surface area contributed by atoms with Gasteiger partial charge in [0.25, 0.3) is 0 Å². The summed E-state index contributed by atoms with van der Waals surface area (Å²) in [6.45, 7) is 1.76. The van der Waals surface area contributed by atoms with Gasteiger partial charge in [0.1, 0.15) is 6.61 Å². The van der Waals surface area contributed by atoms with Crippen molar-refractivity contribution < 1.29 is 19.2 Å². The second-order valence-electron chi connectivity index (χ2n) is 4.89. The van der Waals surface area contributed by atoms with Gasteiger partial charge in [0, 0.05) is 26.3 Å². The van der Waals surface area contributed by atoms with Gasteiger partial charge in [-0.1, -0.05) is 17.3 Å². The van der Waals surface area contributed by atoms with E-state index >= 15 is 0 Å². The smallest absolute Gasteiger partial charge is 0.335 e. The second kappa shape index (κ2) is 7.01. The van der Waals surface area contributed by atoms with Crippen LogP contribution in [0.25, 0.3) is 0 Å². The Morgan fingerprint density at radius 1 is 1.33 bits per heavy atom. The van der Waals surface area contributed by atoms with E-state index in [0.717, 1.165) is 11.3 Å². The maximum Gasteiger partial charge on any atom is 0.335 e. The summed E-state index contributed by atoms with van der Waals surface area (Å²) in [5.74, 6) is -0.213. The largest absolute Gasteiger partial charge is 0.478 e. The molecule has 2 aromatic rings. The number of hydrogen-bond acceptors (Lipinski definition) is 5.